The first-order valence-electron chi connectivity index (χ1n) is 12.9. The number of aromatic amines is 2. The zero-order chi connectivity index (χ0) is 28.2. The number of ketones is 2. The highest BCUT2D eigenvalue weighted by Gasteiger charge is 2.40. The molecule has 2 heterocycles. The molecule has 2 aromatic carbocycles. The monoisotopic (exact) mass is 520 g/mol. The summed E-state index contributed by atoms with van der Waals surface area (Å²) in [7, 11) is 0. The molecule has 4 aromatic rings. The van der Waals surface area contributed by atoms with Gasteiger partial charge in [-0.15, -0.1) is 6.58 Å². The van der Waals surface area contributed by atoms with Gasteiger partial charge in [-0.1, -0.05) is 61.9 Å². The van der Waals surface area contributed by atoms with Crippen LogP contribution in [0.3, 0.4) is 0 Å². The summed E-state index contributed by atoms with van der Waals surface area (Å²) in [5, 5.41) is 24.0. The minimum Gasteiger partial charge on any atom is -0.504 e. The van der Waals surface area contributed by atoms with Gasteiger partial charge in [-0.05, 0) is 44.4 Å². The van der Waals surface area contributed by atoms with Crippen molar-refractivity contribution in [1.82, 2.24) is 9.97 Å². The van der Waals surface area contributed by atoms with E-state index in [0.717, 1.165) is 22.2 Å². The van der Waals surface area contributed by atoms with Gasteiger partial charge in [0.2, 0.25) is 11.6 Å². The first-order chi connectivity index (χ1) is 18.5. The number of para-hydroxylation sites is 1. The van der Waals surface area contributed by atoms with Crippen molar-refractivity contribution in [2.45, 2.75) is 46.5 Å². The molecule has 198 valence electrons. The molecule has 39 heavy (non-hydrogen) atoms. The van der Waals surface area contributed by atoms with Crippen molar-refractivity contribution in [1.29, 1.82) is 0 Å². The summed E-state index contributed by atoms with van der Waals surface area (Å²) >= 11 is 0. The van der Waals surface area contributed by atoms with E-state index < -0.39 is 28.5 Å². The molecule has 0 atom stereocenters. The molecule has 1 aliphatic rings. The molecule has 1 aliphatic carbocycles. The summed E-state index contributed by atoms with van der Waals surface area (Å²) in [6, 6.07) is 11.4. The molecular formula is C33H32N2O4. The Kier molecular flexibility index (Phi) is 6.22. The highest BCUT2D eigenvalue weighted by molar-refractivity contribution is 6.48. The maximum absolute atomic E-state index is 13.9. The van der Waals surface area contributed by atoms with E-state index in [1.54, 1.807) is 12.3 Å². The fourth-order valence-electron chi connectivity index (χ4n) is 5.33. The number of Topliss-reactive ketones (excluding diaryl/α,β-unsaturated/α-hetero) is 2. The minimum atomic E-state index is -0.803. The molecule has 5 rings (SSSR count). The number of rotatable bonds is 6. The smallest absolute Gasteiger partial charge is 0.232 e. The van der Waals surface area contributed by atoms with Gasteiger partial charge in [-0.2, -0.15) is 0 Å². The number of aryl methyl sites for hydroxylation is 1. The fourth-order valence-corrected chi connectivity index (χ4v) is 5.33. The Hall–Kier alpha value is -4.58. The summed E-state index contributed by atoms with van der Waals surface area (Å²) in [5.41, 5.74) is 4.95. The van der Waals surface area contributed by atoms with Crippen LogP contribution in [0.25, 0.3) is 33.0 Å². The average Bonchev–Trinajstić information content (AvgIpc) is 3.50. The number of carbonyl (C=O) groups excluding carboxylic acids is 2. The summed E-state index contributed by atoms with van der Waals surface area (Å²) < 4.78 is 0. The van der Waals surface area contributed by atoms with Crippen molar-refractivity contribution in [3.05, 3.63) is 106 Å². The quantitative estimate of drug-likeness (QED) is 0.158. The number of nitrogens with one attached hydrogen (secondary N) is 2. The van der Waals surface area contributed by atoms with Crippen LogP contribution in [0.1, 0.15) is 55.6 Å². The number of allylic oxidation sites excluding steroid dienone is 5. The number of hydrogen-bond donors (Lipinski definition) is 4. The van der Waals surface area contributed by atoms with Crippen LogP contribution >= 0.6 is 0 Å². The highest BCUT2D eigenvalue weighted by Crippen LogP contribution is 2.43. The maximum atomic E-state index is 13.9. The van der Waals surface area contributed by atoms with E-state index in [4.69, 9.17) is 0 Å². The lowest BCUT2D eigenvalue weighted by Gasteiger charge is -2.24. The number of aliphatic hydroxyl groups excluding tert-OH is 2. The lowest BCUT2D eigenvalue weighted by molar-refractivity contribution is -0.116. The van der Waals surface area contributed by atoms with Gasteiger partial charge in [0, 0.05) is 50.2 Å². The first kappa shape index (κ1) is 26.0. The maximum Gasteiger partial charge on any atom is 0.232 e. The van der Waals surface area contributed by atoms with Gasteiger partial charge in [0.1, 0.15) is 0 Å². The number of H-pyrrole nitrogens is 2. The summed E-state index contributed by atoms with van der Waals surface area (Å²) in [5.74, 6) is -2.98. The first-order valence-corrected chi connectivity index (χ1v) is 12.9. The summed E-state index contributed by atoms with van der Waals surface area (Å²) in [4.78, 5) is 34.2. The van der Waals surface area contributed by atoms with Gasteiger partial charge in [0.15, 0.2) is 11.5 Å². The number of benzene rings is 2. The third-order valence-electron chi connectivity index (χ3n) is 7.60. The highest BCUT2D eigenvalue weighted by atomic mass is 16.3. The molecule has 4 N–H and O–H groups in total. The Morgan fingerprint density at radius 2 is 1.67 bits per heavy atom. The van der Waals surface area contributed by atoms with Crippen molar-refractivity contribution in [2.75, 3.05) is 0 Å². The molecular weight excluding hydrogens is 488 g/mol. The molecule has 6 nitrogen and oxygen atoms in total. The van der Waals surface area contributed by atoms with Crippen LogP contribution in [0.5, 0.6) is 0 Å². The molecule has 2 aromatic heterocycles. The van der Waals surface area contributed by atoms with Gasteiger partial charge in [-0.3, -0.25) is 9.59 Å². The van der Waals surface area contributed by atoms with Crippen LogP contribution in [0.15, 0.2) is 78.4 Å². The molecule has 6 heteroatoms. The predicted octanol–water partition coefficient (Wildman–Crippen LogP) is 7.32. The lowest BCUT2D eigenvalue weighted by Crippen LogP contribution is -2.25. The van der Waals surface area contributed by atoms with Crippen LogP contribution in [0.4, 0.5) is 0 Å². The zero-order valence-corrected chi connectivity index (χ0v) is 22.8. The second-order valence-electron chi connectivity index (χ2n) is 10.9. The minimum absolute atomic E-state index is 0.212. The van der Waals surface area contributed by atoms with E-state index in [2.05, 4.69) is 22.6 Å². The predicted molar refractivity (Wildman–Crippen MR) is 157 cm³/mol. The lowest BCUT2D eigenvalue weighted by atomic mass is 9.79. The van der Waals surface area contributed by atoms with Crippen LogP contribution < -0.4 is 0 Å². The van der Waals surface area contributed by atoms with Crippen LogP contribution in [0.2, 0.25) is 0 Å². The second kappa shape index (κ2) is 9.31. The van der Waals surface area contributed by atoms with E-state index in [1.165, 1.54) is 5.57 Å². The molecule has 0 amide bonds. The van der Waals surface area contributed by atoms with E-state index in [1.807, 2.05) is 71.0 Å². The van der Waals surface area contributed by atoms with Crippen molar-refractivity contribution in [2.24, 2.45) is 0 Å². The Balaban J connectivity index is 1.72. The third kappa shape index (κ3) is 4.04. The van der Waals surface area contributed by atoms with Crippen molar-refractivity contribution in [3.63, 3.8) is 0 Å². The number of aromatic nitrogens is 2. The third-order valence-corrected chi connectivity index (χ3v) is 7.60. The number of fused-ring (bicyclic) bond motifs is 2. The normalized spacial score (nSPS) is 14.6. The zero-order valence-electron chi connectivity index (χ0n) is 22.8. The van der Waals surface area contributed by atoms with Crippen LogP contribution in [-0.2, 0) is 21.4 Å². The van der Waals surface area contributed by atoms with Gasteiger partial charge in [0.05, 0.1) is 11.1 Å². The van der Waals surface area contributed by atoms with Gasteiger partial charge < -0.3 is 20.2 Å². The largest absolute Gasteiger partial charge is 0.504 e. The molecule has 0 spiro atoms. The van der Waals surface area contributed by atoms with E-state index in [0.29, 0.717) is 34.0 Å². The Bertz CT molecular complexity index is 1800. The Labute approximate surface area is 227 Å². The van der Waals surface area contributed by atoms with E-state index >= 15 is 0 Å². The van der Waals surface area contributed by atoms with Crippen molar-refractivity contribution >= 4 is 44.5 Å². The molecule has 0 aliphatic heterocycles. The second-order valence-corrected chi connectivity index (χ2v) is 10.9. The number of aliphatic hydroxyl groups is 2. The van der Waals surface area contributed by atoms with Crippen LogP contribution in [-0.4, -0.2) is 31.7 Å². The van der Waals surface area contributed by atoms with Gasteiger partial charge in [-0.25, -0.2) is 0 Å². The van der Waals surface area contributed by atoms with Crippen molar-refractivity contribution < 1.29 is 19.8 Å². The molecule has 0 saturated carbocycles. The number of carbonyl (C=O) groups is 2. The van der Waals surface area contributed by atoms with Gasteiger partial charge in [0.25, 0.3) is 0 Å². The fraction of sp³-hybridized carbons (Fsp3) is 0.212. The number of hydrogen-bond acceptors (Lipinski definition) is 4. The molecule has 0 fully saturated rings. The van der Waals surface area contributed by atoms with Gasteiger partial charge >= 0.3 is 0 Å². The van der Waals surface area contributed by atoms with Crippen LogP contribution in [0, 0.1) is 6.92 Å². The molecule has 0 radical (unpaired) electrons. The summed E-state index contributed by atoms with van der Waals surface area (Å²) in [6.07, 6.45) is 6.14. The van der Waals surface area contributed by atoms with E-state index in [-0.39, 0.29) is 11.1 Å². The standard InChI is InChI=1S/C33H32N2O4/c1-7-33(5,6)32-25(23-18(4)10-8-13-22(23)35-32)26-30(38)28(36)24(29(37)31(26)39)21-16-34-27-19(15-14-17(2)3)11-9-12-20(21)27/h7-14,16,34-36,39H,1,15H2,2-6H3. The topological polar surface area (TPSA) is 106 Å². The molecule has 0 bridgehead atoms. The SMILES string of the molecule is C=CC(C)(C)c1[nH]c2cccc(C)c2c1C1=C(O)C(=O)C(c2c[nH]c3c(CC=C(C)C)cccc23)=C(O)C1=O. The summed E-state index contributed by atoms with van der Waals surface area (Å²) in [6.45, 7) is 13.8. The molecule has 0 unspecified atom stereocenters. The Morgan fingerprint density at radius 3 is 2.36 bits per heavy atom. The Morgan fingerprint density at radius 1 is 1.00 bits per heavy atom. The molecule has 0 saturated heterocycles. The van der Waals surface area contributed by atoms with Crippen molar-refractivity contribution in [3.8, 4) is 0 Å². The average molecular weight is 521 g/mol. The van der Waals surface area contributed by atoms with E-state index in [9.17, 15) is 19.8 Å².